The third-order valence-corrected chi connectivity index (χ3v) is 4.69. The molecule has 0 aliphatic carbocycles. The minimum atomic E-state index is -4.64. The predicted octanol–water partition coefficient (Wildman–Crippen LogP) is 3.55. The standard InChI is InChI=1S/C18H19ClF3N5O3/c19-13-6-5-11(24-15(28)9-23-17(29)30-10-18(20,21)22)8-12(13)16-26-25-14-4-2-1-3-7-27(14)16/h5-6,8H,1-4,7,9-10H2,(H,23,29)(H,24,28). The molecule has 0 spiro atoms. The number of aryl methyl sites for hydroxylation is 1. The van der Waals surface area contributed by atoms with Gasteiger partial charge in [-0.05, 0) is 31.0 Å². The largest absolute Gasteiger partial charge is 0.440 e. The van der Waals surface area contributed by atoms with Gasteiger partial charge in [0.25, 0.3) is 0 Å². The summed E-state index contributed by atoms with van der Waals surface area (Å²) in [5.41, 5.74) is 0.975. The highest BCUT2D eigenvalue weighted by Crippen LogP contribution is 2.31. The lowest BCUT2D eigenvalue weighted by Crippen LogP contribution is -2.35. The molecule has 3 rings (SSSR count). The van der Waals surface area contributed by atoms with Gasteiger partial charge in [0.05, 0.1) is 5.02 Å². The number of rotatable bonds is 5. The van der Waals surface area contributed by atoms with Crippen LogP contribution in [-0.4, -0.2) is 46.1 Å². The first-order valence-electron chi connectivity index (χ1n) is 9.22. The van der Waals surface area contributed by atoms with Crippen LogP contribution >= 0.6 is 11.6 Å². The Labute approximate surface area is 174 Å². The van der Waals surface area contributed by atoms with Crippen molar-refractivity contribution in [1.29, 1.82) is 0 Å². The lowest BCUT2D eigenvalue weighted by atomic mass is 10.1. The number of alkyl carbamates (subject to hydrolysis) is 1. The number of ether oxygens (including phenoxy) is 1. The number of benzene rings is 1. The Morgan fingerprint density at radius 3 is 2.77 bits per heavy atom. The second-order valence-electron chi connectivity index (χ2n) is 6.69. The minimum absolute atomic E-state index is 0.385. The molecule has 0 saturated carbocycles. The number of hydrogen-bond donors (Lipinski definition) is 2. The molecule has 0 bridgehead atoms. The number of nitrogens with one attached hydrogen (secondary N) is 2. The van der Waals surface area contributed by atoms with E-state index in [9.17, 15) is 22.8 Å². The van der Waals surface area contributed by atoms with Crippen molar-refractivity contribution < 1.29 is 27.5 Å². The Bertz CT molecular complexity index is 932. The van der Waals surface area contributed by atoms with Crippen LogP contribution in [0.1, 0.15) is 25.1 Å². The highest BCUT2D eigenvalue weighted by molar-refractivity contribution is 6.33. The van der Waals surface area contributed by atoms with Gasteiger partial charge in [-0.15, -0.1) is 10.2 Å². The number of anilines is 1. The maximum atomic E-state index is 12.0. The first-order valence-corrected chi connectivity index (χ1v) is 9.60. The van der Waals surface area contributed by atoms with E-state index in [1.165, 1.54) is 0 Å². The average molecular weight is 446 g/mol. The topological polar surface area (TPSA) is 98.1 Å². The zero-order valence-corrected chi connectivity index (χ0v) is 16.5. The number of carbonyl (C=O) groups is 2. The van der Waals surface area contributed by atoms with Crippen molar-refractivity contribution in [2.24, 2.45) is 0 Å². The Hall–Kier alpha value is -2.82. The van der Waals surface area contributed by atoms with Gasteiger partial charge in [-0.1, -0.05) is 18.0 Å². The number of halogens is 4. The van der Waals surface area contributed by atoms with Crippen LogP contribution in [0.5, 0.6) is 0 Å². The van der Waals surface area contributed by atoms with Crippen LogP contribution in [0.3, 0.4) is 0 Å². The van der Waals surface area contributed by atoms with E-state index in [0.717, 1.165) is 38.1 Å². The van der Waals surface area contributed by atoms with Crippen molar-refractivity contribution in [1.82, 2.24) is 20.1 Å². The third-order valence-electron chi connectivity index (χ3n) is 4.36. The summed E-state index contributed by atoms with van der Waals surface area (Å²) in [5.74, 6) is 0.837. The molecular weight excluding hydrogens is 427 g/mol. The van der Waals surface area contributed by atoms with E-state index in [1.807, 2.05) is 9.88 Å². The van der Waals surface area contributed by atoms with Crippen molar-refractivity contribution in [3.8, 4) is 11.4 Å². The van der Waals surface area contributed by atoms with Gasteiger partial charge in [0.2, 0.25) is 5.91 Å². The maximum absolute atomic E-state index is 12.0. The summed E-state index contributed by atoms with van der Waals surface area (Å²) in [6, 6.07) is 4.78. The molecule has 0 radical (unpaired) electrons. The summed E-state index contributed by atoms with van der Waals surface area (Å²) >= 11 is 6.32. The number of alkyl halides is 3. The van der Waals surface area contributed by atoms with Gasteiger partial charge in [0.15, 0.2) is 12.4 Å². The van der Waals surface area contributed by atoms with Gasteiger partial charge < -0.3 is 19.9 Å². The molecule has 0 saturated heterocycles. The zero-order chi connectivity index (χ0) is 21.7. The average Bonchev–Trinajstić information content (AvgIpc) is 2.93. The molecule has 1 aliphatic heterocycles. The van der Waals surface area contributed by atoms with Crippen molar-refractivity contribution in [2.75, 3.05) is 18.5 Å². The van der Waals surface area contributed by atoms with Gasteiger partial charge in [-0.3, -0.25) is 4.79 Å². The lowest BCUT2D eigenvalue weighted by molar-refractivity contribution is -0.160. The Kier molecular flexibility index (Phi) is 6.80. The molecule has 2 heterocycles. The van der Waals surface area contributed by atoms with E-state index in [-0.39, 0.29) is 0 Å². The molecule has 0 fully saturated rings. The molecule has 162 valence electrons. The number of carbonyl (C=O) groups excluding carboxylic acids is 2. The van der Waals surface area contributed by atoms with Crippen LogP contribution < -0.4 is 10.6 Å². The highest BCUT2D eigenvalue weighted by atomic mass is 35.5. The molecule has 30 heavy (non-hydrogen) atoms. The van der Waals surface area contributed by atoms with Crippen molar-refractivity contribution in [3.63, 3.8) is 0 Å². The van der Waals surface area contributed by atoms with Crippen molar-refractivity contribution in [3.05, 3.63) is 29.0 Å². The van der Waals surface area contributed by atoms with Crippen molar-refractivity contribution >= 4 is 29.3 Å². The summed E-state index contributed by atoms with van der Waals surface area (Å²) in [4.78, 5) is 23.2. The summed E-state index contributed by atoms with van der Waals surface area (Å²) in [7, 11) is 0. The molecule has 0 unspecified atom stereocenters. The molecular formula is C18H19ClF3N5O3. The number of hydrogen-bond acceptors (Lipinski definition) is 5. The van der Waals surface area contributed by atoms with E-state index in [4.69, 9.17) is 11.6 Å². The van der Waals surface area contributed by atoms with Crippen LogP contribution in [0.2, 0.25) is 5.02 Å². The number of aromatic nitrogens is 3. The van der Waals surface area contributed by atoms with E-state index in [1.54, 1.807) is 18.2 Å². The van der Waals surface area contributed by atoms with Crippen LogP contribution in [0.15, 0.2) is 18.2 Å². The molecule has 2 aromatic rings. The summed E-state index contributed by atoms with van der Waals surface area (Å²) in [6.45, 7) is -1.52. The fourth-order valence-electron chi connectivity index (χ4n) is 3.01. The smallest absolute Gasteiger partial charge is 0.422 e. The van der Waals surface area contributed by atoms with E-state index < -0.39 is 31.3 Å². The quantitative estimate of drug-likeness (QED) is 0.733. The Morgan fingerprint density at radius 1 is 1.20 bits per heavy atom. The molecule has 1 aromatic heterocycles. The van der Waals surface area contributed by atoms with Gasteiger partial charge in [0.1, 0.15) is 12.4 Å². The Morgan fingerprint density at radius 2 is 2.00 bits per heavy atom. The van der Waals surface area contributed by atoms with E-state index in [0.29, 0.717) is 22.1 Å². The molecule has 2 N–H and O–H groups in total. The number of nitrogens with zero attached hydrogens (tertiary/aromatic N) is 3. The van der Waals surface area contributed by atoms with Gasteiger partial charge >= 0.3 is 12.3 Å². The molecule has 8 nitrogen and oxygen atoms in total. The Balaban J connectivity index is 1.64. The summed E-state index contributed by atoms with van der Waals surface area (Å²) in [6.07, 6.45) is -2.00. The molecule has 2 amide bonds. The van der Waals surface area contributed by atoms with Crippen LogP contribution in [0, 0.1) is 0 Å². The van der Waals surface area contributed by atoms with Crippen molar-refractivity contribution in [2.45, 2.75) is 38.4 Å². The van der Waals surface area contributed by atoms with Gasteiger partial charge in [0, 0.05) is 24.2 Å². The lowest BCUT2D eigenvalue weighted by Gasteiger charge is -2.12. The van der Waals surface area contributed by atoms with Crippen LogP contribution in [0.25, 0.3) is 11.4 Å². The molecule has 12 heteroatoms. The normalized spacial score (nSPS) is 13.9. The first kappa shape index (κ1) is 21.9. The second-order valence-corrected chi connectivity index (χ2v) is 7.10. The molecule has 1 aliphatic rings. The van der Waals surface area contributed by atoms with Gasteiger partial charge in [-0.25, -0.2) is 4.79 Å². The minimum Gasteiger partial charge on any atom is -0.440 e. The van der Waals surface area contributed by atoms with E-state index >= 15 is 0 Å². The first-order chi connectivity index (χ1) is 14.2. The summed E-state index contributed by atoms with van der Waals surface area (Å²) < 4.78 is 42.0. The second kappa shape index (κ2) is 9.33. The zero-order valence-electron chi connectivity index (χ0n) is 15.8. The van der Waals surface area contributed by atoms with Gasteiger partial charge in [-0.2, -0.15) is 13.2 Å². The maximum Gasteiger partial charge on any atom is 0.422 e. The predicted molar refractivity (Wildman–Crippen MR) is 102 cm³/mol. The fraction of sp³-hybridized carbons (Fsp3) is 0.444. The fourth-order valence-corrected chi connectivity index (χ4v) is 3.22. The molecule has 1 aromatic carbocycles. The van der Waals surface area contributed by atoms with Crippen LogP contribution in [-0.2, 0) is 22.5 Å². The summed E-state index contributed by atoms with van der Waals surface area (Å²) in [5, 5.41) is 13.4. The number of amides is 2. The monoisotopic (exact) mass is 445 g/mol. The third kappa shape index (κ3) is 5.85. The van der Waals surface area contributed by atoms with E-state index in [2.05, 4.69) is 20.3 Å². The molecule has 0 atom stereocenters. The highest BCUT2D eigenvalue weighted by Gasteiger charge is 2.29. The SMILES string of the molecule is O=C(CNC(=O)OCC(F)(F)F)Nc1ccc(Cl)c(-c2nnc3n2CCCCC3)c1. The number of fused-ring (bicyclic) bond motifs is 1. The van der Waals surface area contributed by atoms with Crippen LogP contribution in [0.4, 0.5) is 23.7 Å².